The first-order valence-electron chi connectivity index (χ1n) is 7.19. The second-order valence-corrected chi connectivity index (χ2v) is 5.77. The SMILES string of the molecule is CCCC1C(=O)NC(=O)N(CC2(CC)CCC2)C1=O. The number of amides is 4. The van der Waals surface area contributed by atoms with Gasteiger partial charge in [0.15, 0.2) is 0 Å². The van der Waals surface area contributed by atoms with E-state index in [4.69, 9.17) is 0 Å². The maximum Gasteiger partial charge on any atom is 0.330 e. The smallest absolute Gasteiger partial charge is 0.277 e. The number of hydrogen-bond donors (Lipinski definition) is 1. The molecule has 1 aliphatic heterocycles. The van der Waals surface area contributed by atoms with E-state index in [1.165, 1.54) is 4.90 Å². The molecule has 1 saturated heterocycles. The van der Waals surface area contributed by atoms with E-state index >= 15 is 0 Å². The van der Waals surface area contributed by atoms with Gasteiger partial charge in [0, 0.05) is 6.54 Å². The molecule has 0 aromatic heterocycles. The monoisotopic (exact) mass is 266 g/mol. The number of hydrogen-bond acceptors (Lipinski definition) is 3. The second-order valence-electron chi connectivity index (χ2n) is 5.77. The molecule has 0 aromatic rings. The van der Waals surface area contributed by atoms with Gasteiger partial charge in [-0.25, -0.2) is 4.79 Å². The van der Waals surface area contributed by atoms with Crippen molar-refractivity contribution in [3.05, 3.63) is 0 Å². The van der Waals surface area contributed by atoms with Crippen LogP contribution in [-0.4, -0.2) is 29.3 Å². The number of barbiturate groups is 1. The number of nitrogens with one attached hydrogen (secondary N) is 1. The summed E-state index contributed by atoms with van der Waals surface area (Å²) in [4.78, 5) is 37.1. The lowest BCUT2D eigenvalue weighted by Crippen LogP contribution is -2.60. The summed E-state index contributed by atoms with van der Waals surface area (Å²) in [5.74, 6) is -1.43. The Balaban J connectivity index is 2.12. The number of urea groups is 1. The number of nitrogens with zero attached hydrogens (tertiary/aromatic N) is 1. The fourth-order valence-corrected chi connectivity index (χ4v) is 2.99. The average molecular weight is 266 g/mol. The third-order valence-corrected chi connectivity index (χ3v) is 4.59. The predicted molar refractivity (Wildman–Crippen MR) is 70.2 cm³/mol. The molecule has 1 unspecified atom stereocenters. The van der Waals surface area contributed by atoms with Crippen LogP contribution in [0.1, 0.15) is 52.4 Å². The Morgan fingerprint density at radius 1 is 1.26 bits per heavy atom. The molecule has 2 aliphatic rings. The van der Waals surface area contributed by atoms with Crippen molar-refractivity contribution in [2.75, 3.05) is 6.54 Å². The lowest BCUT2D eigenvalue weighted by Gasteiger charge is -2.45. The number of carbonyl (C=O) groups is 3. The third-order valence-electron chi connectivity index (χ3n) is 4.59. The van der Waals surface area contributed by atoms with Crippen LogP contribution in [0, 0.1) is 11.3 Å². The van der Waals surface area contributed by atoms with E-state index in [1.807, 2.05) is 6.92 Å². The van der Waals surface area contributed by atoms with E-state index in [1.54, 1.807) is 0 Å². The van der Waals surface area contributed by atoms with E-state index in [0.29, 0.717) is 13.0 Å². The first-order chi connectivity index (χ1) is 9.03. The standard InChI is InChI=1S/C14H22N2O3/c1-3-6-10-11(17)15-13(19)16(12(10)18)9-14(4-2)7-5-8-14/h10H,3-9H2,1-2H3,(H,15,17,19). The lowest BCUT2D eigenvalue weighted by molar-refractivity contribution is -0.144. The Kier molecular flexibility index (Phi) is 3.92. The van der Waals surface area contributed by atoms with Gasteiger partial charge in [-0.15, -0.1) is 0 Å². The molecule has 1 N–H and O–H groups in total. The molecule has 1 saturated carbocycles. The van der Waals surface area contributed by atoms with Crippen LogP contribution < -0.4 is 5.32 Å². The summed E-state index contributed by atoms with van der Waals surface area (Å²) >= 11 is 0. The summed E-state index contributed by atoms with van der Waals surface area (Å²) < 4.78 is 0. The summed E-state index contributed by atoms with van der Waals surface area (Å²) in [6.45, 7) is 4.49. The van der Waals surface area contributed by atoms with Crippen LogP contribution in [0.15, 0.2) is 0 Å². The van der Waals surface area contributed by atoms with Crippen molar-refractivity contribution in [1.29, 1.82) is 0 Å². The zero-order valence-electron chi connectivity index (χ0n) is 11.7. The summed E-state index contributed by atoms with van der Waals surface area (Å²) in [6, 6.07) is -0.540. The zero-order chi connectivity index (χ0) is 14.0. The highest BCUT2D eigenvalue weighted by molar-refractivity contribution is 6.16. The molecule has 0 aromatic carbocycles. The molecule has 0 spiro atoms. The molecule has 2 fully saturated rings. The quantitative estimate of drug-likeness (QED) is 0.774. The summed E-state index contributed by atoms with van der Waals surface area (Å²) in [5, 5.41) is 2.32. The van der Waals surface area contributed by atoms with Crippen molar-refractivity contribution in [1.82, 2.24) is 10.2 Å². The first kappa shape index (κ1) is 14.0. The predicted octanol–water partition coefficient (Wildman–Crippen LogP) is 2.06. The van der Waals surface area contributed by atoms with Crippen molar-refractivity contribution < 1.29 is 14.4 Å². The molecule has 2 rings (SSSR count). The number of rotatable bonds is 5. The van der Waals surface area contributed by atoms with Crippen LogP contribution >= 0.6 is 0 Å². The van der Waals surface area contributed by atoms with Crippen molar-refractivity contribution >= 4 is 17.8 Å². The molecule has 0 radical (unpaired) electrons. The number of imide groups is 2. The van der Waals surface area contributed by atoms with Gasteiger partial charge in [0.05, 0.1) is 0 Å². The van der Waals surface area contributed by atoms with E-state index < -0.39 is 17.9 Å². The van der Waals surface area contributed by atoms with Gasteiger partial charge in [-0.3, -0.25) is 19.8 Å². The minimum atomic E-state index is -0.684. The molecule has 5 nitrogen and oxygen atoms in total. The van der Waals surface area contributed by atoms with Crippen molar-refractivity contribution in [3.63, 3.8) is 0 Å². The number of carbonyl (C=O) groups excluding carboxylic acids is 3. The van der Waals surface area contributed by atoms with Gasteiger partial charge in [-0.2, -0.15) is 0 Å². The van der Waals surface area contributed by atoms with Gasteiger partial charge in [0.25, 0.3) is 0 Å². The van der Waals surface area contributed by atoms with E-state index in [2.05, 4.69) is 12.2 Å². The van der Waals surface area contributed by atoms with E-state index in [0.717, 1.165) is 32.1 Å². The minimum Gasteiger partial charge on any atom is -0.277 e. The van der Waals surface area contributed by atoms with Crippen molar-refractivity contribution in [3.8, 4) is 0 Å². The zero-order valence-corrected chi connectivity index (χ0v) is 11.7. The Morgan fingerprint density at radius 3 is 2.42 bits per heavy atom. The highest BCUT2D eigenvalue weighted by Gasteiger charge is 2.45. The van der Waals surface area contributed by atoms with Gasteiger partial charge in [-0.1, -0.05) is 26.7 Å². The van der Waals surface area contributed by atoms with Gasteiger partial charge < -0.3 is 0 Å². The average Bonchev–Trinajstić information content (AvgIpc) is 2.33. The summed E-state index contributed by atoms with van der Waals surface area (Å²) in [6.07, 6.45) is 5.52. The maximum absolute atomic E-state index is 12.3. The normalized spacial score (nSPS) is 26.1. The molecule has 0 bridgehead atoms. The van der Waals surface area contributed by atoms with Gasteiger partial charge >= 0.3 is 6.03 Å². The van der Waals surface area contributed by atoms with E-state index in [9.17, 15) is 14.4 Å². The molecular weight excluding hydrogens is 244 g/mol. The molecule has 106 valence electrons. The van der Waals surface area contributed by atoms with Crippen molar-refractivity contribution in [2.45, 2.75) is 52.4 Å². The molecule has 4 amide bonds. The summed E-state index contributed by atoms with van der Waals surface area (Å²) in [7, 11) is 0. The molecule has 1 heterocycles. The molecular formula is C14H22N2O3. The third kappa shape index (κ3) is 2.51. The Labute approximate surface area is 113 Å². The van der Waals surface area contributed by atoms with Crippen LogP contribution in [0.2, 0.25) is 0 Å². The van der Waals surface area contributed by atoms with Crippen LogP contribution in [-0.2, 0) is 9.59 Å². The Morgan fingerprint density at radius 2 is 1.95 bits per heavy atom. The van der Waals surface area contributed by atoms with Gasteiger partial charge in [0.2, 0.25) is 11.8 Å². The molecule has 19 heavy (non-hydrogen) atoms. The highest BCUT2D eigenvalue weighted by Crippen LogP contribution is 2.44. The molecule has 1 atom stereocenters. The fraction of sp³-hybridized carbons (Fsp3) is 0.786. The van der Waals surface area contributed by atoms with Crippen LogP contribution in [0.25, 0.3) is 0 Å². The van der Waals surface area contributed by atoms with Gasteiger partial charge in [-0.05, 0) is 31.1 Å². The Bertz CT molecular complexity index is 396. The second kappa shape index (κ2) is 5.31. The maximum atomic E-state index is 12.3. The largest absolute Gasteiger partial charge is 0.330 e. The van der Waals surface area contributed by atoms with Crippen LogP contribution in [0.3, 0.4) is 0 Å². The summed E-state index contributed by atoms with van der Waals surface area (Å²) in [5.41, 5.74) is 0.0875. The fourth-order valence-electron chi connectivity index (χ4n) is 2.99. The topological polar surface area (TPSA) is 66.5 Å². The Hall–Kier alpha value is -1.39. The highest BCUT2D eigenvalue weighted by atomic mass is 16.2. The molecule has 5 heteroatoms. The van der Waals surface area contributed by atoms with Crippen LogP contribution in [0.5, 0.6) is 0 Å². The van der Waals surface area contributed by atoms with E-state index in [-0.39, 0.29) is 11.3 Å². The van der Waals surface area contributed by atoms with Crippen LogP contribution in [0.4, 0.5) is 4.79 Å². The minimum absolute atomic E-state index is 0.0875. The lowest BCUT2D eigenvalue weighted by atomic mass is 9.66. The van der Waals surface area contributed by atoms with Gasteiger partial charge in [0.1, 0.15) is 5.92 Å². The van der Waals surface area contributed by atoms with Crippen molar-refractivity contribution in [2.24, 2.45) is 11.3 Å². The molecule has 1 aliphatic carbocycles. The first-order valence-corrected chi connectivity index (χ1v) is 7.19.